The number of cyclic esters (lactones) is 1. The molecule has 0 aromatic rings. The largest absolute Gasteiger partial charge is 0.460 e. The topological polar surface area (TPSA) is 164 Å². The van der Waals surface area contributed by atoms with E-state index in [9.17, 15) is 28.8 Å². The fourth-order valence-electron chi connectivity index (χ4n) is 11.2. The van der Waals surface area contributed by atoms with Gasteiger partial charge in [-0.3, -0.25) is 18.9 Å². The van der Waals surface area contributed by atoms with Crippen molar-refractivity contribution in [3.8, 4) is 0 Å². The summed E-state index contributed by atoms with van der Waals surface area (Å²) in [5.74, 6) is -6.31. The van der Waals surface area contributed by atoms with E-state index in [2.05, 4.69) is 33.4 Å². The number of Topliss-reactive ketones (excluding diaryl/α,β-unsaturated/α-hetero) is 2. The minimum atomic E-state index is -2.77. The molecule has 402 valence electrons. The van der Waals surface area contributed by atoms with Gasteiger partial charge in [0.15, 0.2) is 7.37 Å². The van der Waals surface area contributed by atoms with Gasteiger partial charge in [-0.05, 0) is 127 Å². The third-order valence-electron chi connectivity index (χ3n) is 15.6. The average Bonchev–Trinajstić information content (AvgIpc) is 3.31. The lowest BCUT2D eigenvalue weighted by Crippen LogP contribution is -2.61. The zero-order valence-electron chi connectivity index (χ0n) is 45.9. The molecule has 0 aromatic carbocycles. The molecule has 2 saturated heterocycles. The van der Waals surface area contributed by atoms with Crippen LogP contribution in [0, 0.1) is 41.4 Å². The van der Waals surface area contributed by atoms with Gasteiger partial charge in [0.1, 0.15) is 17.9 Å². The molecule has 0 unspecified atom stereocenters. The fraction of sp³-hybridized carbons (Fsp3) is 0.754. The average molecular weight is 1010 g/mol. The second kappa shape index (κ2) is 27.5. The number of ether oxygens (including phenoxy) is 5. The molecule has 13 nitrogen and oxygen atoms in total. The summed E-state index contributed by atoms with van der Waals surface area (Å²) in [5, 5.41) is 12.0. The van der Waals surface area contributed by atoms with Crippen molar-refractivity contribution in [1.29, 1.82) is 0 Å². The molecule has 3 aliphatic heterocycles. The molecule has 15 atom stereocenters. The van der Waals surface area contributed by atoms with Crippen LogP contribution in [0.1, 0.15) is 146 Å². The molecule has 1 saturated carbocycles. The van der Waals surface area contributed by atoms with Crippen LogP contribution in [0.25, 0.3) is 0 Å². The molecule has 3 heterocycles. The van der Waals surface area contributed by atoms with Crippen LogP contribution in [-0.2, 0) is 52.0 Å². The SMILES string of the molecule is C=C1[C@H](C)C[C@H](C)/C=C/C=C/C=C(\C)[C@@H](OC)C[C@@H]2CC[C@@H](C)[C@@](O)(O2)C(=O)C(=O)N2CCCC[C@H]2C(=O)O[C@H]([C@H](C)C[C@@H]2CC[C@@H](OP(C)(C)=O)[C@H](OC)C2)CC(=O)[C@H](C)/C=C(\C)[C@@H](OC(C)C)[C@H]1C. The van der Waals surface area contributed by atoms with Gasteiger partial charge in [-0.25, -0.2) is 4.79 Å². The van der Waals surface area contributed by atoms with Crippen LogP contribution in [-0.4, -0.2) is 122 Å². The van der Waals surface area contributed by atoms with E-state index in [1.807, 2.05) is 71.9 Å². The quantitative estimate of drug-likeness (QED) is 0.101. The molecular formula is C57H92NO12P. The van der Waals surface area contributed by atoms with Gasteiger partial charge in [0.2, 0.25) is 5.79 Å². The van der Waals surface area contributed by atoms with E-state index in [0.717, 1.165) is 29.6 Å². The number of nitrogens with zero attached hydrogens (tertiary/aromatic N) is 1. The summed E-state index contributed by atoms with van der Waals surface area (Å²) in [6, 6.07) is -1.11. The number of fused-ring (bicyclic) bond motifs is 3. The number of aliphatic hydroxyl groups is 1. The number of methoxy groups -OCH3 is 2. The van der Waals surface area contributed by atoms with Crippen molar-refractivity contribution < 1.29 is 57.1 Å². The Morgan fingerprint density at radius 3 is 2.23 bits per heavy atom. The number of allylic oxidation sites excluding steroid dienone is 6. The number of piperidine rings is 1. The number of carbonyl (C=O) groups is 4. The Kier molecular flexibility index (Phi) is 23.4. The van der Waals surface area contributed by atoms with Gasteiger partial charge in [0, 0.05) is 64.7 Å². The first kappa shape index (κ1) is 60.5. The number of esters is 1. The van der Waals surface area contributed by atoms with Crippen molar-refractivity contribution in [1.82, 2.24) is 4.90 Å². The van der Waals surface area contributed by atoms with Gasteiger partial charge >= 0.3 is 5.97 Å². The summed E-state index contributed by atoms with van der Waals surface area (Å²) in [6.07, 6.45) is 15.6. The molecule has 3 fully saturated rings. The zero-order chi connectivity index (χ0) is 53.0. The molecule has 1 N–H and O–H groups in total. The van der Waals surface area contributed by atoms with Gasteiger partial charge in [-0.15, -0.1) is 0 Å². The predicted octanol–water partition coefficient (Wildman–Crippen LogP) is 10.8. The van der Waals surface area contributed by atoms with Gasteiger partial charge in [0.25, 0.3) is 11.7 Å². The second-order valence-corrected chi connectivity index (χ2v) is 25.1. The highest BCUT2D eigenvalue weighted by molar-refractivity contribution is 7.57. The smallest absolute Gasteiger partial charge is 0.329 e. The van der Waals surface area contributed by atoms with E-state index >= 15 is 0 Å². The maximum atomic E-state index is 14.6. The molecule has 0 spiro atoms. The Labute approximate surface area is 427 Å². The molecule has 4 rings (SSSR count). The van der Waals surface area contributed by atoms with E-state index in [1.54, 1.807) is 34.5 Å². The highest BCUT2D eigenvalue weighted by Gasteiger charge is 2.53. The van der Waals surface area contributed by atoms with Crippen LogP contribution >= 0.6 is 7.37 Å². The normalized spacial score (nSPS) is 38.3. The first-order valence-corrected chi connectivity index (χ1v) is 29.1. The Hall–Kier alpha value is -3.03. The lowest BCUT2D eigenvalue weighted by Gasteiger charge is -2.42. The predicted molar refractivity (Wildman–Crippen MR) is 280 cm³/mol. The van der Waals surface area contributed by atoms with Crippen LogP contribution < -0.4 is 0 Å². The highest BCUT2D eigenvalue weighted by Crippen LogP contribution is 2.45. The molecule has 0 aromatic heterocycles. The molecular weight excluding hydrogens is 922 g/mol. The molecule has 1 aliphatic carbocycles. The van der Waals surface area contributed by atoms with Crippen molar-refractivity contribution in [2.75, 3.05) is 34.1 Å². The van der Waals surface area contributed by atoms with E-state index in [-0.39, 0.29) is 85.3 Å². The number of hydrogen-bond acceptors (Lipinski definition) is 12. The summed E-state index contributed by atoms with van der Waals surface area (Å²) in [6.45, 7) is 28.0. The molecule has 1 amide bonds. The van der Waals surface area contributed by atoms with Crippen LogP contribution in [0.2, 0.25) is 0 Å². The number of amides is 1. The first-order chi connectivity index (χ1) is 33.3. The second-order valence-electron chi connectivity index (χ2n) is 22.4. The maximum absolute atomic E-state index is 14.6. The molecule has 4 aliphatic rings. The number of carbonyl (C=O) groups excluding carboxylic acids is 4. The van der Waals surface area contributed by atoms with E-state index in [4.69, 9.17) is 28.2 Å². The Morgan fingerprint density at radius 2 is 1.58 bits per heavy atom. The molecule has 71 heavy (non-hydrogen) atoms. The number of hydrogen-bond donors (Lipinski definition) is 1. The van der Waals surface area contributed by atoms with Gasteiger partial charge in [0.05, 0.1) is 36.6 Å². The summed E-state index contributed by atoms with van der Waals surface area (Å²) < 4.78 is 49.6. The first-order valence-electron chi connectivity index (χ1n) is 26.6. The van der Waals surface area contributed by atoms with Crippen LogP contribution in [0.15, 0.2) is 59.8 Å². The van der Waals surface area contributed by atoms with Crippen molar-refractivity contribution in [3.05, 3.63) is 59.8 Å². The Morgan fingerprint density at radius 1 is 0.873 bits per heavy atom. The zero-order valence-corrected chi connectivity index (χ0v) is 46.8. The monoisotopic (exact) mass is 1010 g/mol. The maximum Gasteiger partial charge on any atom is 0.329 e. The van der Waals surface area contributed by atoms with Crippen LogP contribution in [0.5, 0.6) is 0 Å². The molecule has 14 heteroatoms. The molecule has 0 radical (unpaired) electrons. The van der Waals surface area contributed by atoms with Crippen LogP contribution in [0.4, 0.5) is 0 Å². The van der Waals surface area contributed by atoms with Crippen molar-refractivity contribution in [2.24, 2.45) is 41.4 Å². The van der Waals surface area contributed by atoms with E-state index < -0.39 is 60.9 Å². The molecule has 2 bridgehead atoms. The van der Waals surface area contributed by atoms with Crippen LogP contribution in [0.3, 0.4) is 0 Å². The lowest BCUT2D eigenvalue weighted by molar-refractivity contribution is -0.265. The fourth-order valence-corrected chi connectivity index (χ4v) is 12.1. The standard InChI is InChI=1S/C57H92NO12P/c1-35(2)67-53-41(8)30-39(6)48(59)34-51(40(7)31-45-25-27-49(52(32-45)66-13)70-71(14,15)64)68-56(62)47-23-19-20-28-58(47)55(61)54(60)57(63)42(9)24-26-46(69-57)33-50(65-12)37(4)22-18-16-17-21-36(3)29-38(5)43(10)44(53)11/h16-18,21-22,30,35-36,38-40,42,44-47,49-53,63H,10,19-20,23-29,31-34H2,1-9,11-15H3/b18-16+,21-17+,37-22+,41-30+/t36-,38-,39-,40-,42-,44+,45+,46+,47+,49-,50+,51+,52-,53-,57-/m1/s1. The van der Waals surface area contributed by atoms with Gasteiger partial charge in [-0.1, -0.05) is 90.2 Å². The van der Waals surface area contributed by atoms with Crippen molar-refractivity contribution in [2.45, 2.75) is 201 Å². The highest BCUT2D eigenvalue weighted by atomic mass is 31.2. The summed E-state index contributed by atoms with van der Waals surface area (Å²) in [5.41, 5.74) is 2.93. The van der Waals surface area contributed by atoms with Crippen molar-refractivity contribution in [3.63, 3.8) is 0 Å². The third kappa shape index (κ3) is 17.3. The number of rotatable bonds is 9. The summed E-state index contributed by atoms with van der Waals surface area (Å²) in [7, 11) is 0.476. The van der Waals surface area contributed by atoms with Gasteiger partial charge in [-0.2, -0.15) is 0 Å². The van der Waals surface area contributed by atoms with Gasteiger partial charge < -0.3 is 38.2 Å². The Bertz CT molecular complexity index is 1990. The summed E-state index contributed by atoms with van der Waals surface area (Å²) >= 11 is 0. The van der Waals surface area contributed by atoms with E-state index in [0.29, 0.717) is 51.4 Å². The van der Waals surface area contributed by atoms with E-state index in [1.165, 1.54) is 4.90 Å². The van der Waals surface area contributed by atoms with Crippen molar-refractivity contribution >= 4 is 30.8 Å². The third-order valence-corrected chi connectivity index (χ3v) is 16.4. The lowest BCUT2D eigenvalue weighted by atomic mass is 9.78. The number of ketones is 2. The Balaban J connectivity index is 1.73. The minimum absolute atomic E-state index is 0.0477. The minimum Gasteiger partial charge on any atom is -0.460 e. The summed E-state index contributed by atoms with van der Waals surface area (Å²) in [4.78, 5) is 59.1.